The summed E-state index contributed by atoms with van der Waals surface area (Å²) in [6, 6.07) is 7.62. The van der Waals surface area contributed by atoms with Crippen LogP contribution in [0.4, 0.5) is 13.2 Å². The Kier molecular flexibility index (Phi) is 8.75. The number of carbonyl (C=O) groups is 1. The van der Waals surface area contributed by atoms with Gasteiger partial charge in [0.1, 0.15) is 6.04 Å². The monoisotopic (exact) mass is 545 g/mol. The molecule has 0 unspecified atom stereocenters. The van der Waals surface area contributed by atoms with E-state index in [9.17, 15) is 26.4 Å². The first-order chi connectivity index (χ1) is 16.6. The van der Waals surface area contributed by atoms with E-state index < -0.39 is 40.6 Å². The summed E-state index contributed by atoms with van der Waals surface area (Å²) < 4.78 is 67.6. The van der Waals surface area contributed by atoms with Gasteiger partial charge >= 0.3 is 6.18 Å². The van der Waals surface area contributed by atoms with Crippen LogP contribution in [0.15, 0.2) is 47.4 Å². The van der Waals surface area contributed by atoms with Gasteiger partial charge in [-0.15, -0.1) is 0 Å². The molecule has 0 radical (unpaired) electrons. The summed E-state index contributed by atoms with van der Waals surface area (Å²) in [5.74, 6) is -0.882. The highest BCUT2D eigenvalue weighted by Crippen LogP contribution is 2.31. The summed E-state index contributed by atoms with van der Waals surface area (Å²) in [5, 5.41) is 6.34. The molecular weight excluding hydrogens is 515 g/mol. The van der Waals surface area contributed by atoms with Crippen LogP contribution < -0.4 is 15.4 Å². The van der Waals surface area contributed by atoms with E-state index in [2.05, 4.69) is 37.5 Å². The van der Waals surface area contributed by atoms with Gasteiger partial charge in [-0.2, -0.15) is 17.9 Å². The fourth-order valence-electron chi connectivity index (χ4n) is 4.03. The highest BCUT2D eigenvalue weighted by molar-refractivity contribution is 7.89. The molecule has 36 heavy (non-hydrogen) atoms. The molecule has 198 valence electrons. The van der Waals surface area contributed by atoms with E-state index in [0.717, 1.165) is 41.7 Å². The van der Waals surface area contributed by atoms with E-state index in [-0.39, 0.29) is 15.5 Å². The predicted molar refractivity (Wildman–Crippen MR) is 133 cm³/mol. The Morgan fingerprint density at radius 3 is 2.39 bits per heavy atom. The molecule has 0 saturated heterocycles. The summed E-state index contributed by atoms with van der Waals surface area (Å²) in [4.78, 5) is 12.3. The van der Waals surface area contributed by atoms with Crippen molar-refractivity contribution in [3.8, 4) is 0 Å². The van der Waals surface area contributed by atoms with Gasteiger partial charge in [-0.05, 0) is 81.0 Å². The third kappa shape index (κ3) is 7.93. The minimum atomic E-state index is -4.96. The molecule has 11 heteroatoms. The predicted octanol–water partition coefficient (Wildman–Crippen LogP) is 5.02. The smallest absolute Gasteiger partial charge is 0.349 e. The Bertz CT molecular complexity index is 1180. The van der Waals surface area contributed by atoms with Crippen LogP contribution in [0.2, 0.25) is 5.02 Å². The lowest BCUT2D eigenvalue weighted by molar-refractivity contribution is -0.158. The maximum Gasteiger partial charge on any atom is 0.405 e. The number of halogens is 4. The Morgan fingerprint density at radius 1 is 1.11 bits per heavy atom. The Morgan fingerprint density at radius 2 is 1.78 bits per heavy atom. The third-order valence-corrected chi connectivity index (χ3v) is 7.63. The van der Waals surface area contributed by atoms with Crippen molar-refractivity contribution in [3.05, 3.63) is 64.2 Å². The number of fused-ring (bicyclic) bond motifs is 1. The zero-order valence-electron chi connectivity index (χ0n) is 20.4. The van der Waals surface area contributed by atoms with Gasteiger partial charge in [0.15, 0.2) is 0 Å². The van der Waals surface area contributed by atoms with Gasteiger partial charge in [0.05, 0.1) is 17.4 Å². The summed E-state index contributed by atoms with van der Waals surface area (Å²) >= 11 is 5.73. The molecule has 0 fully saturated rings. The lowest BCUT2D eigenvalue weighted by Gasteiger charge is -2.28. The van der Waals surface area contributed by atoms with Crippen LogP contribution >= 0.6 is 11.6 Å². The van der Waals surface area contributed by atoms with Crippen molar-refractivity contribution in [3.63, 3.8) is 0 Å². The number of hydrogen-bond donors (Lipinski definition) is 3. The summed E-state index contributed by atoms with van der Waals surface area (Å²) in [6.07, 6.45) is -3.85. The number of rotatable bonds is 8. The normalized spacial score (nSPS) is 17.4. The van der Waals surface area contributed by atoms with Crippen LogP contribution in [0, 0.1) is 0 Å². The quantitative estimate of drug-likeness (QED) is 0.434. The number of nitrogens with one attached hydrogen (secondary N) is 3. The molecule has 2 aromatic carbocycles. The lowest BCUT2D eigenvalue weighted by atomic mass is 9.86. The fourth-order valence-corrected chi connectivity index (χ4v) is 5.37. The average molecular weight is 546 g/mol. The molecular formula is C25H31ClF3N3O3S. The van der Waals surface area contributed by atoms with Crippen LogP contribution in [0.5, 0.6) is 0 Å². The number of sulfonamides is 1. The van der Waals surface area contributed by atoms with Crippen LogP contribution in [0.3, 0.4) is 0 Å². The first-order valence-electron chi connectivity index (χ1n) is 11.6. The van der Waals surface area contributed by atoms with Crippen molar-refractivity contribution < 1.29 is 26.4 Å². The molecule has 0 spiro atoms. The van der Waals surface area contributed by atoms with Gasteiger partial charge in [-0.25, -0.2) is 8.42 Å². The van der Waals surface area contributed by atoms with E-state index in [4.69, 9.17) is 11.6 Å². The van der Waals surface area contributed by atoms with E-state index in [1.165, 1.54) is 12.1 Å². The third-order valence-electron chi connectivity index (χ3n) is 5.89. The van der Waals surface area contributed by atoms with Crippen molar-refractivity contribution in [1.29, 1.82) is 0 Å². The molecule has 0 saturated carbocycles. The van der Waals surface area contributed by atoms with Crippen LogP contribution in [-0.2, 0) is 27.8 Å². The summed E-state index contributed by atoms with van der Waals surface area (Å²) in [7, 11) is -4.52. The topological polar surface area (TPSA) is 87.3 Å². The Hall–Kier alpha value is -2.14. The Labute approximate surface area is 215 Å². The van der Waals surface area contributed by atoms with Crippen molar-refractivity contribution in [1.82, 2.24) is 15.4 Å². The number of amides is 1. The number of alkyl halides is 3. The molecule has 3 N–H and O–H groups in total. The maximum atomic E-state index is 13.7. The zero-order valence-corrected chi connectivity index (χ0v) is 21.9. The van der Waals surface area contributed by atoms with Crippen LogP contribution in [0.1, 0.15) is 62.8 Å². The van der Waals surface area contributed by atoms with Crippen LogP contribution in [-0.4, -0.2) is 32.1 Å². The molecule has 2 aromatic rings. The van der Waals surface area contributed by atoms with Gasteiger partial charge in [-0.1, -0.05) is 29.8 Å². The molecule has 3 rings (SSSR count). The number of hydrogen-bond acceptors (Lipinski definition) is 4. The molecule has 1 aliphatic rings. The molecule has 1 amide bonds. The van der Waals surface area contributed by atoms with Crippen LogP contribution in [0.25, 0.3) is 0 Å². The van der Waals surface area contributed by atoms with Crippen molar-refractivity contribution in [2.24, 2.45) is 0 Å². The average Bonchev–Trinajstić information content (AvgIpc) is 2.76. The fraction of sp³-hybridized carbons (Fsp3) is 0.480. The van der Waals surface area contributed by atoms with E-state index in [1.807, 2.05) is 12.1 Å². The molecule has 6 nitrogen and oxygen atoms in total. The number of aryl methyl sites for hydroxylation is 1. The largest absolute Gasteiger partial charge is 0.405 e. The lowest BCUT2D eigenvalue weighted by Crippen LogP contribution is -2.48. The van der Waals surface area contributed by atoms with Crippen molar-refractivity contribution >= 4 is 27.5 Å². The summed E-state index contributed by atoms with van der Waals surface area (Å²) in [5.41, 5.74) is 2.97. The second-order valence-electron chi connectivity index (χ2n) is 10.0. The van der Waals surface area contributed by atoms with Gasteiger partial charge in [0, 0.05) is 17.1 Å². The highest BCUT2D eigenvalue weighted by Gasteiger charge is 2.44. The SMILES string of the molecule is CC(C)(C)NCc1ccc2c(c1)CCC[C@H]2NC(=O)C[C@@H](NS(=O)(=O)c1ccc(Cl)cc1)C(F)(F)F. The van der Waals surface area contributed by atoms with E-state index in [1.54, 1.807) is 4.72 Å². The molecule has 0 aromatic heterocycles. The Balaban J connectivity index is 1.70. The second kappa shape index (κ2) is 11.1. The molecule has 0 aliphatic heterocycles. The summed E-state index contributed by atoms with van der Waals surface area (Å²) in [6.45, 7) is 6.89. The minimum Gasteiger partial charge on any atom is -0.349 e. The molecule has 0 bridgehead atoms. The van der Waals surface area contributed by atoms with E-state index in [0.29, 0.717) is 13.0 Å². The van der Waals surface area contributed by atoms with Gasteiger partial charge in [-0.3, -0.25) is 4.79 Å². The number of carbonyl (C=O) groups excluding carboxylic acids is 1. The molecule has 1 aliphatic carbocycles. The molecule has 0 heterocycles. The van der Waals surface area contributed by atoms with E-state index >= 15 is 0 Å². The maximum absolute atomic E-state index is 13.7. The second-order valence-corrected chi connectivity index (χ2v) is 12.2. The standard InChI is InChI=1S/C25H31ClF3N3O3S/c1-24(2,3)30-15-16-7-12-20-17(13-16)5-4-6-21(20)31-23(33)14-22(25(27,28)29)32-36(34,35)19-10-8-18(26)9-11-19/h7-13,21-22,30,32H,4-6,14-15H2,1-3H3,(H,31,33)/t21-,22-/m1/s1. The minimum absolute atomic E-state index is 0.0451. The van der Waals surface area contributed by atoms with Gasteiger partial charge in [0.2, 0.25) is 15.9 Å². The number of benzene rings is 2. The first kappa shape index (κ1) is 28.4. The van der Waals surface area contributed by atoms with Crippen molar-refractivity contribution in [2.45, 2.75) is 81.7 Å². The molecule has 2 atom stereocenters. The highest BCUT2D eigenvalue weighted by atomic mass is 35.5. The van der Waals surface area contributed by atoms with Gasteiger partial charge < -0.3 is 10.6 Å². The van der Waals surface area contributed by atoms with Crippen molar-refractivity contribution in [2.75, 3.05) is 0 Å². The first-order valence-corrected chi connectivity index (χ1v) is 13.5. The van der Waals surface area contributed by atoms with Gasteiger partial charge in [0.25, 0.3) is 0 Å². The zero-order chi connectivity index (χ0) is 26.7.